The summed E-state index contributed by atoms with van der Waals surface area (Å²) >= 11 is 0. The molecule has 0 unspecified atom stereocenters. The van der Waals surface area contributed by atoms with Gasteiger partial charge in [-0.15, -0.1) is 0 Å². The third-order valence-electron chi connectivity index (χ3n) is 4.23. The number of nitrogens with two attached hydrogens (primary N) is 1. The van der Waals surface area contributed by atoms with Crippen LogP contribution in [0.4, 0.5) is 13.2 Å². The molecule has 2 amide bonds. The summed E-state index contributed by atoms with van der Waals surface area (Å²) in [5.41, 5.74) is 6.51. The van der Waals surface area contributed by atoms with Gasteiger partial charge < -0.3 is 10.6 Å². The van der Waals surface area contributed by atoms with E-state index in [0.717, 1.165) is 11.1 Å². The number of carbonyl (C=O) groups is 2. The molecule has 4 nitrogen and oxygen atoms in total. The topological polar surface area (TPSA) is 63.4 Å². The number of amides is 2. The zero-order valence-corrected chi connectivity index (χ0v) is 13.2. The number of hydrogen-bond donors (Lipinski definition) is 1. The Labute approximate surface area is 142 Å². The van der Waals surface area contributed by atoms with Gasteiger partial charge in [0, 0.05) is 30.8 Å². The van der Waals surface area contributed by atoms with E-state index in [-0.39, 0.29) is 13.1 Å². The first-order valence-corrected chi connectivity index (χ1v) is 7.72. The number of aryl methyl sites for hydroxylation is 1. The molecule has 0 fully saturated rings. The molecule has 0 bridgehead atoms. The van der Waals surface area contributed by atoms with Crippen LogP contribution in [0.15, 0.2) is 30.3 Å². The lowest BCUT2D eigenvalue weighted by atomic mass is 10.0. The van der Waals surface area contributed by atoms with Gasteiger partial charge in [0.15, 0.2) is 0 Å². The maximum Gasteiger partial charge on any atom is 0.260 e. The summed E-state index contributed by atoms with van der Waals surface area (Å²) in [5.74, 6) is -4.91. The summed E-state index contributed by atoms with van der Waals surface area (Å²) in [6.07, 6.45) is 1.17. The highest BCUT2D eigenvalue weighted by atomic mass is 19.1. The Morgan fingerprint density at radius 2 is 1.68 bits per heavy atom. The van der Waals surface area contributed by atoms with E-state index in [2.05, 4.69) is 0 Å². The van der Waals surface area contributed by atoms with Gasteiger partial charge >= 0.3 is 0 Å². The highest BCUT2D eigenvalue weighted by Gasteiger charge is 2.26. The van der Waals surface area contributed by atoms with Gasteiger partial charge in [0.1, 0.15) is 23.0 Å². The third-order valence-corrected chi connectivity index (χ3v) is 4.23. The van der Waals surface area contributed by atoms with Crippen molar-refractivity contribution < 1.29 is 22.8 Å². The minimum Gasteiger partial charge on any atom is -0.366 e. The quantitative estimate of drug-likeness (QED) is 0.907. The highest BCUT2D eigenvalue weighted by Crippen LogP contribution is 2.23. The summed E-state index contributed by atoms with van der Waals surface area (Å²) in [5, 5.41) is 0. The molecular formula is C18H15F3N2O2. The van der Waals surface area contributed by atoms with Crippen LogP contribution in [0.25, 0.3) is 0 Å². The molecule has 2 N–H and O–H groups in total. The number of carbonyl (C=O) groups excluding carboxylic acids is 2. The lowest BCUT2D eigenvalue weighted by Gasteiger charge is -2.21. The Kier molecular flexibility index (Phi) is 4.48. The first-order valence-electron chi connectivity index (χ1n) is 7.72. The Morgan fingerprint density at radius 3 is 2.32 bits per heavy atom. The zero-order valence-electron chi connectivity index (χ0n) is 13.2. The molecule has 0 aromatic heterocycles. The van der Waals surface area contributed by atoms with Gasteiger partial charge in [-0.05, 0) is 36.1 Å². The maximum absolute atomic E-state index is 13.9. The molecular weight excluding hydrogens is 333 g/mol. The summed E-state index contributed by atoms with van der Waals surface area (Å²) < 4.78 is 40.8. The van der Waals surface area contributed by atoms with E-state index < -0.39 is 34.8 Å². The molecule has 2 aromatic rings. The Bertz CT molecular complexity index is 844. The molecule has 0 spiro atoms. The molecule has 1 aliphatic rings. The van der Waals surface area contributed by atoms with Crippen molar-refractivity contribution in [3.63, 3.8) is 0 Å². The molecule has 0 aliphatic carbocycles. The molecule has 25 heavy (non-hydrogen) atoms. The van der Waals surface area contributed by atoms with Crippen LogP contribution in [-0.4, -0.2) is 23.3 Å². The lowest BCUT2D eigenvalue weighted by molar-refractivity contribution is 0.0735. The molecule has 0 radical (unpaired) electrons. The van der Waals surface area contributed by atoms with E-state index in [1.807, 2.05) is 0 Å². The number of nitrogens with zero attached hydrogens (tertiary/aromatic N) is 1. The van der Waals surface area contributed by atoms with Crippen molar-refractivity contribution in [3.8, 4) is 0 Å². The molecule has 1 heterocycles. The average Bonchev–Trinajstić information content (AvgIpc) is 2.75. The molecule has 130 valence electrons. The maximum atomic E-state index is 13.9. The summed E-state index contributed by atoms with van der Waals surface area (Å²) in [6.45, 7) is 0.430. The molecule has 3 rings (SSSR count). The smallest absolute Gasteiger partial charge is 0.260 e. The van der Waals surface area contributed by atoms with Crippen molar-refractivity contribution in [2.24, 2.45) is 5.73 Å². The normalized spacial score (nSPS) is 14.0. The number of benzene rings is 2. The Hall–Kier alpha value is -2.83. The largest absolute Gasteiger partial charge is 0.366 e. The van der Waals surface area contributed by atoms with Crippen LogP contribution in [0.3, 0.4) is 0 Å². The zero-order chi connectivity index (χ0) is 18.1. The van der Waals surface area contributed by atoms with E-state index in [1.54, 1.807) is 18.2 Å². The molecule has 1 aliphatic heterocycles. The van der Waals surface area contributed by atoms with Gasteiger partial charge in [0.05, 0.1) is 0 Å². The van der Waals surface area contributed by atoms with Crippen LogP contribution < -0.4 is 5.73 Å². The van der Waals surface area contributed by atoms with Crippen molar-refractivity contribution in [2.45, 2.75) is 19.4 Å². The van der Waals surface area contributed by atoms with Gasteiger partial charge in [0.25, 0.3) is 5.91 Å². The molecule has 0 atom stereocenters. The summed E-state index contributed by atoms with van der Waals surface area (Å²) in [4.78, 5) is 25.1. The van der Waals surface area contributed by atoms with Crippen LogP contribution in [0.2, 0.25) is 0 Å². The number of halogens is 3. The second kappa shape index (κ2) is 6.58. The van der Waals surface area contributed by atoms with Crippen molar-refractivity contribution in [2.75, 3.05) is 6.54 Å². The van der Waals surface area contributed by atoms with Gasteiger partial charge in [0.2, 0.25) is 5.91 Å². The molecule has 0 saturated carbocycles. The van der Waals surface area contributed by atoms with Crippen LogP contribution >= 0.6 is 0 Å². The van der Waals surface area contributed by atoms with Crippen molar-refractivity contribution in [3.05, 3.63) is 70.0 Å². The minimum absolute atomic E-state index is 0.142. The van der Waals surface area contributed by atoms with Gasteiger partial charge in [-0.2, -0.15) is 0 Å². The molecule has 7 heteroatoms. The third kappa shape index (κ3) is 3.35. The van der Waals surface area contributed by atoms with Crippen LogP contribution in [0.1, 0.15) is 38.3 Å². The van der Waals surface area contributed by atoms with Gasteiger partial charge in [-0.3, -0.25) is 9.59 Å². The fourth-order valence-corrected chi connectivity index (χ4v) is 2.99. The van der Waals surface area contributed by atoms with E-state index in [1.165, 1.54) is 4.90 Å². The number of primary amides is 1. The number of hydrogen-bond acceptors (Lipinski definition) is 2. The highest BCUT2D eigenvalue weighted by molar-refractivity contribution is 5.95. The van der Waals surface area contributed by atoms with Crippen molar-refractivity contribution in [1.82, 2.24) is 4.90 Å². The SMILES string of the molecule is NC(=O)c1ccc2c(c1)CCCN(C(=O)c1c(F)cc(F)cc1F)C2. The minimum atomic E-state index is -1.23. The second-order valence-corrected chi connectivity index (χ2v) is 5.92. The first kappa shape index (κ1) is 17.0. The van der Waals surface area contributed by atoms with E-state index in [4.69, 9.17) is 5.73 Å². The lowest BCUT2D eigenvalue weighted by Crippen LogP contribution is -2.32. The van der Waals surface area contributed by atoms with E-state index in [0.29, 0.717) is 30.5 Å². The standard InChI is InChI=1S/C18H15F3N2O2/c19-13-7-14(20)16(15(21)8-13)18(25)23-5-1-2-10-6-11(17(22)24)3-4-12(10)9-23/h3-4,6-8H,1-2,5,9H2,(H2,22,24). The molecule has 2 aromatic carbocycles. The summed E-state index contributed by atoms with van der Waals surface area (Å²) in [7, 11) is 0. The summed E-state index contributed by atoms with van der Waals surface area (Å²) in [6, 6.07) is 5.87. The predicted octanol–water partition coefficient (Wildman–Crippen LogP) is 2.79. The Balaban J connectivity index is 1.92. The van der Waals surface area contributed by atoms with E-state index >= 15 is 0 Å². The van der Waals surface area contributed by atoms with Crippen LogP contribution in [0.5, 0.6) is 0 Å². The van der Waals surface area contributed by atoms with Gasteiger partial charge in [-0.1, -0.05) is 6.07 Å². The van der Waals surface area contributed by atoms with Crippen molar-refractivity contribution in [1.29, 1.82) is 0 Å². The fraction of sp³-hybridized carbons (Fsp3) is 0.222. The fourth-order valence-electron chi connectivity index (χ4n) is 2.99. The second-order valence-electron chi connectivity index (χ2n) is 5.92. The van der Waals surface area contributed by atoms with Crippen LogP contribution in [0, 0.1) is 17.5 Å². The van der Waals surface area contributed by atoms with Crippen LogP contribution in [-0.2, 0) is 13.0 Å². The van der Waals surface area contributed by atoms with Gasteiger partial charge in [-0.25, -0.2) is 13.2 Å². The first-order chi connectivity index (χ1) is 11.9. The average molecular weight is 348 g/mol. The predicted molar refractivity (Wildman–Crippen MR) is 84.3 cm³/mol. The monoisotopic (exact) mass is 348 g/mol. The Morgan fingerprint density at radius 1 is 1.00 bits per heavy atom. The molecule has 0 saturated heterocycles. The van der Waals surface area contributed by atoms with E-state index in [9.17, 15) is 22.8 Å². The number of fused-ring (bicyclic) bond motifs is 1. The van der Waals surface area contributed by atoms with Crippen molar-refractivity contribution >= 4 is 11.8 Å². The number of rotatable bonds is 2.